The molecule has 0 saturated heterocycles. The highest BCUT2D eigenvalue weighted by molar-refractivity contribution is 6.16. The van der Waals surface area contributed by atoms with E-state index in [2.05, 4.69) is 10.1 Å². The van der Waals surface area contributed by atoms with Crippen LogP contribution in [-0.4, -0.2) is 19.7 Å². The standard InChI is InChI=1S/C11H11ClN4O2/c1-8-9(3-2-4-10(8)16(17)18)6-15-11(5-12)13-7-14-15/h2-4,7H,5-6H2,1H3. The predicted molar refractivity (Wildman–Crippen MR) is 66.5 cm³/mol. The van der Waals surface area contributed by atoms with Crippen LogP contribution in [0.25, 0.3) is 0 Å². The first kappa shape index (κ1) is 12.5. The Morgan fingerprint density at radius 3 is 2.94 bits per heavy atom. The second-order valence-corrected chi connectivity index (χ2v) is 4.05. The van der Waals surface area contributed by atoms with Crippen LogP contribution < -0.4 is 0 Å². The van der Waals surface area contributed by atoms with E-state index in [9.17, 15) is 10.1 Å². The van der Waals surface area contributed by atoms with Gasteiger partial charge < -0.3 is 0 Å². The summed E-state index contributed by atoms with van der Waals surface area (Å²) in [6, 6.07) is 4.99. The fourth-order valence-electron chi connectivity index (χ4n) is 1.72. The number of hydrogen-bond donors (Lipinski definition) is 0. The first-order chi connectivity index (χ1) is 8.63. The van der Waals surface area contributed by atoms with E-state index in [0.29, 0.717) is 17.9 Å². The van der Waals surface area contributed by atoms with E-state index in [0.717, 1.165) is 5.56 Å². The fraction of sp³-hybridized carbons (Fsp3) is 0.273. The van der Waals surface area contributed by atoms with Crippen LogP contribution in [0, 0.1) is 17.0 Å². The summed E-state index contributed by atoms with van der Waals surface area (Å²) in [4.78, 5) is 14.5. The molecule has 18 heavy (non-hydrogen) atoms. The average molecular weight is 267 g/mol. The Bertz CT molecular complexity index is 582. The lowest BCUT2D eigenvalue weighted by molar-refractivity contribution is -0.385. The maximum atomic E-state index is 10.8. The number of nitrogens with zero attached hydrogens (tertiary/aromatic N) is 4. The van der Waals surface area contributed by atoms with Crippen LogP contribution in [0.3, 0.4) is 0 Å². The van der Waals surface area contributed by atoms with E-state index < -0.39 is 0 Å². The summed E-state index contributed by atoms with van der Waals surface area (Å²) in [7, 11) is 0. The van der Waals surface area contributed by atoms with Crippen molar-refractivity contribution >= 4 is 17.3 Å². The molecular formula is C11H11ClN4O2. The predicted octanol–water partition coefficient (Wildman–Crippen LogP) is 2.28. The third-order valence-corrected chi connectivity index (χ3v) is 2.99. The number of nitro groups is 1. The molecule has 0 aliphatic heterocycles. The van der Waals surface area contributed by atoms with Crippen LogP contribution in [0.1, 0.15) is 17.0 Å². The van der Waals surface area contributed by atoms with Crippen LogP contribution in [-0.2, 0) is 12.4 Å². The maximum Gasteiger partial charge on any atom is 0.272 e. The van der Waals surface area contributed by atoms with Gasteiger partial charge in [0.25, 0.3) is 5.69 Å². The third-order valence-electron chi connectivity index (χ3n) is 2.75. The SMILES string of the molecule is Cc1c(Cn2ncnc2CCl)cccc1[N+](=O)[O-]. The quantitative estimate of drug-likeness (QED) is 0.483. The van der Waals surface area contributed by atoms with Crippen molar-refractivity contribution in [2.45, 2.75) is 19.3 Å². The van der Waals surface area contributed by atoms with Crippen LogP contribution in [0.2, 0.25) is 0 Å². The molecule has 7 heteroatoms. The molecule has 1 heterocycles. The summed E-state index contributed by atoms with van der Waals surface area (Å²) in [6.07, 6.45) is 1.42. The molecule has 0 spiro atoms. The molecule has 0 saturated carbocycles. The molecule has 2 aromatic rings. The highest BCUT2D eigenvalue weighted by Gasteiger charge is 2.14. The third kappa shape index (κ3) is 2.33. The van der Waals surface area contributed by atoms with E-state index >= 15 is 0 Å². The van der Waals surface area contributed by atoms with Gasteiger partial charge in [-0.1, -0.05) is 12.1 Å². The minimum absolute atomic E-state index is 0.111. The Morgan fingerprint density at radius 1 is 1.50 bits per heavy atom. The maximum absolute atomic E-state index is 10.8. The van der Waals surface area contributed by atoms with E-state index in [1.807, 2.05) is 6.07 Å². The molecule has 0 radical (unpaired) electrons. The van der Waals surface area contributed by atoms with Gasteiger partial charge in [0.2, 0.25) is 0 Å². The minimum atomic E-state index is -0.386. The van der Waals surface area contributed by atoms with Gasteiger partial charge in [-0.05, 0) is 12.5 Å². The highest BCUT2D eigenvalue weighted by atomic mass is 35.5. The molecule has 0 atom stereocenters. The van der Waals surface area contributed by atoms with Gasteiger partial charge in [-0.3, -0.25) is 10.1 Å². The zero-order valence-corrected chi connectivity index (χ0v) is 10.5. The number of benzene rings is 1. The Labute approximate surface area is 108 Å². The summed E-state index contributed by atoms with van der Waals surface area (Å²) >= 11 is 5.73. The molecule has 0 bridgehead atoms. The van der Waals surface area contributed by atoms with Crippen molar-refractivity contribution in [1.82, 2.24) is 14.8 Å². The van der Waals surface area contributed by atoms with Crippen molar-refractivity contribution in [2.75, 3.05) is 0 Å². The molecule has 0 amide bonds. The van der Waals surface area contributed by atoms with Gasteiger partial charge in [0.05, 0.1) is 17.3 Å². The van der Waals surface area contributed by atoms with Gasteiger partial charge in [0, 0.05) is 11.6 Å². The molecule has 1 aromatic carbocycles. The summed E-state index contributed by atoms with van der Waals surface area (Å²) < 4.78 is 1.64. The molecule has 1 aromatic heterocycles. The summed E-state index contributed by atoms with van der Waals surface area (Å²) in [6.45, 7) is 2.15. The zero-order valence-electron chi connectivity index (χ0n) is 9.71. The summed E-state index contributed by atoms with van der Waals surface area (Å²) in [5.74, 6) is 0.899. The van der Waals surface area contributed by atoms with Crippen LogP contribution in [0.5, 0.6) is 0 Å². The van der Waals surface area contributed by atoms with Gasteiger partial charge in [0.15, 0.2) is 0 Å². The van der Waals surface area contributed by atoms with Crippen molar-refractivity contribution in [2.24, 2.45) is 0 Å². The van der Waals surface area contributed by atoms with Gasteiger partial charge in [-0.25, -0.2) is 9.67 Å². The van der Waals surface area contributed by atoms with Crippen LogP contribution >= 0.6 is 11.6 Å². The van der Waals surface area contributed by atoms with E-state index in [-0.39, 0.29) is 16.5 Å². The van der Waals surface area contributed by atoms with Gasteiger partial charge in [-0.15, -0.1) is 11.6 Å². The zero-order chi connectivity index (χ0) is 13.1. The fourth-order valence-corrected chi connectivity index (χ4v) is 1.93. The monoisotopic (exact) mass is 266 g/mol. The Morgan fingerprint density at radius 2 is 2.28 bits per heavy atom. The van der Waals surface area contributed by atoms with Gasteiger partial charge in [-0.2, -0.15) is 5.10 Å². The van der Waals surface area contributed by atoms with Crippen molar-refractivity contribution in [1.29, 1.82) is 0 Å². The van der Waals surface area contributed by atoms with Gasteiger partial charge in [0.1, 0.15) is 12.2 Å². The molecule has 0 unspecified atom stereocenters. The van der Waals surface area contributed by atoms with Crippen molar-refractivity contribution in [3.63, 3.8) is 0 Å². The Hall–Kier alpha value is -1.95. The van der Waals surface area contributed by atoms with Gasteiger partial charge >= 0.3 is 0 Å². The normalized spacial score (nSPS) is 10.6. The second-order valence-electron chi connectivity index (χ2n) is 3.79. The number of alkyl halides is 1. The lowest BCUT2D eigenvalue weighted by Crippen LogP contribution is -2.07. The van der Waals surface area contributed by atoms with Crippen LogP contribution in [0.4, 0.5) is 5.69 Å². The van der Waals surface area contributed by atoms with Crippen molar-refractivity contribution in [3.8, 4) is 0 Å². The Kier molecular flexibility index (Phi) is 3.57. The van der Waals surface area contributed by atoms with Crippen molar-refractivity contribution < 1.29 is 4.92 Å². The van der Waals surface area contributed by atoms with Crippen molar-refractivity contribution in [3.05, 3.63) is 51.6 Å². The lowest BCUT2D eigenvalue weighted by Gasteiger charge is -2.07. The molecule has 6 nitrogen and oxygen atoms in total. The Balaban J connectivity index is 2.35. The molecule has 94 valence electrons. The largest absolute Gasteiger partial charge is 0.272 e. The smallest absolute Gasteiger partial charge is 0.258 e. The highest BCUT2D eigenvalue weighted by Crippen LogP contribution is 2.21. The summed E-state index contributed by atoms with van der Waals surface area (Å²) in [5, 5.41) is 14.9. The van der Waals surface area contributed by atoms with E-state index in [4.69, 9.17) is 11.6 Å². The minimum Gasteiger partial charge on any atom is -0.258 e. The number of rotatable bonds is 4. The molecule has 2 rings (SSSR count). The topological polar surface area (TPSA) is 73.8 Å². The lowest BCUT2D eigenvalue weighted by atomic mass is 10.1. The van der Waals surface area contributed by atoms with Crippen LogP contribution in [0.15, 0.2) is 24.5 Å². The average Bonchev–Trinajstić information content (AvgIpc) is 2.78. The molecule has 0 fully saturated rings. The molecule has 0 N–H and O–H groups in total. The summed E-state index contributed by atoms with van der Waals surface area (Å²) in [5.41, 5.74) is 1.58. The molecule has 0 aliphatic rings. The molecular weight excluding hydrogens is 256 g/mol. The second kappa shape index (κ2) is 5.14. The first-order valence-corrected chi connectivity index (χ1v) is 5.82. The first-order valence-electron chi connectivity index (χ1n) is 5.29. The number of halogens is 1. The number of hydrogen-bond acceptors (Lipinski definition) is 4. The van der Waals surface area contributed by atoms with E-state index in [1.165, 1.54) is 12.4 Å². The number of nitro benzene ring substituents is 1. The van der Waals surface area contributed by atoms with E-state index in [1.54, 1.807) is 17.7 Å². The number of aromatic nitrogens is 3. The molecule has 0 aliphatic carbocycles.